The largest absolute Gasteiger partial charge is 0.363 e. The number of fused-ring (bicyclic) bond motifs is 1. The molecule has 5 heteroatoms. The van der Waals surface area contributed by atoms with Gasteiger partial charge in [0.1, 0.15) is 6.26 Å². The van der Waals surface area contributed by atoms with E-state index in [0.29, 0.717) is 17.7 Å². The Balaban J connectivity index is 1.67. The van der Waals surface area contributed by atoms with Gasteiger partial charge in [0.15, 0.2) is 5.82 Å². The van der Waals surface area contributed by atoms with Crippen LogP contribution in [-0.2, 0) is 4.79 Å². The van der Waals surface area contributed by atoms with Crippen molar-refractivity contribution in [2.45, 2.75) is 25.3 Å². The van der Waals surface area contributed by atoms with E-state index >= 15 is 0 Å². The number of amides is 1. The minimum Gasteiger partial charge on any atom is -0.363 e. The Morgan fingerprint density at radius 3 is 3.31 bits per heavy atom. The lowest BCUT2D eigenvalue weighted by Crippen LogP contribution is -2.39. The van der Waals surface area contributed by atoms with E-state index < -0.39 is 0 Å². The maximum atomic E-state index is 12.0. The monoisotopic (exact) mass is 221 g/mol. The number of rotatable bonds is 2. The zero-order valence-electron chi connectivity index (χ0n) is 8.98. The van der Waals surface area contributed by atoms with Gasteiger partial charge < -0.3 is 15.2 Å². The van der Waals surface area contributed by atoms with E-state index in [-0.39, 0.29) is 11.9 Å². The first-order valence-electron chi connectivity index (χ1n) is 5.79. The third-order valence-electron chi connectivity index (χ3n) is 3.72. The minimum atomic E-state index is -0.0517. The first-order valence-corrected chi connectivity index (χ1v) is 5.79. The molecule has 1 saturated heterocycles. The number of aromatic nitrogens is 1. The minimum absolute atomic E-state index is 0.0169. The van der Waals surface area contributed by atoms with Crippen LogP contribution in [-0.4, -0.2) is 23.7 Å². The van der Waals surface area contributed by atoms with Gasteiger partial charge in [-0.25, -0.2) is 0 Å². The van der Waals surface area contributed by atoms with Crippen LogP contribution in [0.3, 0.4) is 0 Å². The predicted molar refractivity (Wildman–Crippen MR) is 57.8 cm³/mol. The predicted octanol–water partition coefficient (Wildman–Crippen LogP) is 1.00. The first kappa shape index (κ1) is 9.84. The molecule has 1 aliphatic carbocycles. The molecular formula is C11H15N3O2. The molecule has 5 nitrogen and oxygen atoms in total. The zero-order chi connectivity index (χ0) is 11.0. The highest BCUT2D eigenvalue weighted by atomic mass is 16.5. The molecule has 1 aliphatic heterocycles. The second-order valence-electron chi connectivity index (χ2n) is 4.61. The second-order valence-corrected chi connectivity index (χ2v) is 4.61. The molecule has 3 unspecified atom stereocenters. The molecule has 1 aromatic heterocycles. The van der Waals surface area contributed by atoms with E-state index in [1.54, 1.807) is 6.07 Å². The van der Waals surface area contributed by atoms with E-state index in [4.69, 9.17) is 0 Å². The quantitative estimate of drug-likeness (QED) is 0.782. The molecule has 1 saturated carbocycles. The summed E-state index contributed by atoms with van der Waals surface area (Å²) >= 11 is 0. The summed E-state index contributed by atoms with van der Waals surface area (Å²) in [6.45, 7) is 0.974. The molecule has 3 atom stereocenters. The van der Waals surface area contributed by atoms with Crippen LogP contribution in [0.1, 0.15) is 19.3 Å². The number of anilines is 1. The van der Waals surface area contributed by atoms with Gasteiger partial charge in [0.25, 0.3) is 0 Å². The first-order chi connectivity index (χ1) is 7.84. The molecule has 1 aromatic rings. The van der Waals surface area contributed by atoms with Crippen molar-refractivity contribution in [3.8, 4) is 0 Å². The molecule has 2 heterocycles. The van der Waals surface area contributed by atoms with Crippen molar-refractivity contribution in [1.29, 1.82) is 0 Å². The van der Waals surface area contributed by atoms with Gasteiger partial charge in [-0.15, -0.1) is 0 Å². The van der Waals surface area contributed by atoms with Gasteiger partial charge >= 0.3 is 0 Å². The SMILES string of the molecule is O=C(Nc1ccon1)C1NCC2CCCC21. The summed E-state index contributed by atoms with van der Waals surface area (Å²) in [4.78, 5) is 12.0. The summed E-state index contributed by atoms with van der Waals surface area (Å²) in [6.07, 6.45) is 5.13. The van der Waals surface area contributed by atoms with E-state index in [1.807, 2.05) is 0 Å². The third-order valence-corrected chi connectivity index (χ3v) is 3.72. The molecule has 0 radical (unpaired) electrons. The molecule has 16 heavy (non-hydrogen) atoms. The molecule has 2 N–H and O–H groups in total. The molecule has 2 aliphatic rings. The number of hydrogen-bond acceptors (Lipinski definition) is 4. The van der Waals surface area contributed by atoms with Gasteiger partial charge in [-0.3, -0.25) is 4.79 Å². The molecular weight excluding hydrogens is 206 g/mol. The van der Waals surface area contributed by atoms with Crippen molar-refractivity contribution < 1.29 is 9.32 Å². The normalized spacial score (nSPS) is 32.6. The molecule has 86 valence electrons. The summed E-state index contributed by atoms with van der Waals surface area (Å²) in [7, 11) is 0. The Hall–Kier alpha value is -1.36. The van der Waals surface area contributed by atoms with E-state index in [9.17, 15) is 4.79 Å². The Labute approximate surface area is 93.6 Å². The van der Waals surface area contributed by atoms with Crippen molar-refractivity contribution in [2.75, 3.05) is 11.9 Å². The average molecular weight is 221 g/mol. The molecule has 2 fully saturated rings. The van der Waals surface area contributed by atoms with Crippen molar-refractivity contribution in [1.82, 2.24) is 10.5 Å². The Morgan fingerprint density at radius 2 is 2.50 bits per heavy atom. The lowest BCUT2D eigenvalue weighted by Gasteiger charge is -2.16. The van der Waals surface area contributed by atoms with E-state index in [0.717, 1.165) is 13.0 Å². The number of nitrogens with zero attached hydrogens (tertiary/aromatic N) is 1. The van der Waals surface area contributed by atoms with Crippen LogP contribution < -0.4 is 10.6 Å². The van der Waals surface area contributed by atoms with Crippen molar-refractivity contribution >= 4 is 11.7 Å². The summed E-state index contributed by atoms with van der Waals surface area (Å²) in [5.41, 5.74) is 0. The van der Waals surface area contributed by atoms with Crippen LogP contribution in [0.2, 0.25) is 0 Å². The van der Waals surface area contributed by atoms with Gasteiger partial charge in [0.05, 0.1) is 6.04 Å². The molecule has 1 amide bonds. The second kappa shape index (κ2) is 3.90. The fourth-order valence-electron chi connectivity index (χ4n) is 2.96. The molecule has 0 bridgehead atoms. The number of hydrogen-bond donors (Lipinski definition) is 2. The molecule has 3 rings (SSSR count). The van der Waals surface area contributed by atoms with Gasteiger partial charge in [0, 0.05) is 6.07 Å². The highest BCUT2D eigenvalue weighted by Crippen LogP contribution is 2.37. The van der Waals surface area contributed by atoms with E-state index in [1.165, 1.54) is 19.1 Å². The fourth-order valence-corrected chi connectivity index (χ4v) is 2.96. The molecule has 0 spiro atoms. The summed E-state index contributed by atoms with van der Waals surface area (Å²) in [6, 6.07) is 1.60. The maximum Gasteiger partial charge on any atom is 0.243 e. The lowest BCUT2D eigenvalue weighted by molar-refractivity contribution is -0.118. The summed E-state index contributed by atoms with van der Waals surface area (Å²) in [5.74, 6) is 1.71. The van der Waals surface area contributed by atoms with Crippen LogP contribution in [0.5, 0.6) is 0 Å². The van der Waals surface area contributed by atoms with Gasteiger partial charge in [-0.1, -0.05) is 11.6 Å². The van der Waals surface area contributed by atoms with Crippen molar-refractivity contribution in [2.24, 2.45) is 11.8 Å². The Bertz CT molecular complexity index is 377. The Kier molecular flexibility index (Phi) is 2.40. The number of carbonyl (C=O) groups is 1. The van der Waals surface area contributed by atoms with Gasteiger partial charge in [-0.2, -0.15) is 0 Å². The number of carbonyl (C=O) groups excluding carboxylic acids is 1. The lowest BCUT2D eigenvalue weighted by atomic mass is 9.94. The van der Waals surface area contributed by atoms with Crippen LogP contribution in [0.4, 0.5) is 5.82 Å². The summed E-state index contributed by atoms with van der Waals surface area (Å²) < 4.78 is 4.68. The van der Waals surface area contributed by atoms with Gasteiger partial charge in [0.2, 0.25) is 5.91 Å². The van der Waals surface area contributed by atoms with Crippen LogP contribution in [0, 0.1) is 11.8 Å². The Morgan fingerprint density at radius 1 is 1.56 bits per heavy atom. The standard InChI is InChI=1S/C11H15N3O2/c15-11(13-9-4-5-16-14-9)10-8-3-1-2-7(8)6-12-10/h4-5,7-8,10,12H,1-3,6H2,(H,13,14,15). The number of nitrogens with one attached hydrogen (secondary N) is 2. The smallest absolute Gasteiger partial charge is 0.243 e. The highest BCUT2D eigenvalue weighted by molar-refractivity contribution is 5.94. The van der Waals surface area contributed by atoms with Gasteiger partial charge in [-0.05, 0) is 31.2 Å². The highest BCUT2D eigenvalue weighted by Gasteiger charge is 2.42. The van der Waals surface area contributed by atoms with Crippen LogP contribution >= 0.6 is 0 Å². The molecule has 0 aromatic carbocycles. The van der Waals surface area contributed by atoms with Crippen LogP contribution in [0.15, 0.2) is 16.9 Å². The average Bonchev–Trinajstić information content (AvgIpc) is 2.92. The fraction of sp³-hybridized carbons (Fsp3) is 0.636. The van der Waals surface area contributed by atoms with Crippen molar-refractivity contribution in [3.63, 3.8) is 0 Å². The third kappa shape index (κ3) is 1.61. The topological polar surface area (TPSA) is 67.2 Å². The van der Waals surface area contributed by atoms with Crippen molar-refractivity contribution in [3.05, 3.63) is 12.3 Å². The zero-order valence-corrected chi connectivity index (χ0v) is 8.98. The van der Waals surface area contributed by atoms with E-state index in [2.05, 4.69) is 20.3 Å². The summed E-state index contributed by atoms with van der Waals surface area (Å²) in [5, 5.41) is 9.75. The van der Waals surface area contributed by atoms with Crippen LogP contribution in [0.25, 0.3) is 0 Å². The maximum absolute atomic E-state index is 12.0.